The summed E-state index contributed by atoms with van der Waals surface area (Å²) in [6.45, 7) is 3.10. The molecule has 2 amide bonds. The van der Waals surface area contributed by atoms with Crippen molar-refractivity contribution >= 4 is 11.8 Å². The Labute approximate surface area is 194 Å². The average Bonchev–Trinajstić information content (AvgIpc) is 3.20. The first-order valence-electron chi connectivity index (χ1n) is 12.2. The number of rotatable bonds is 7. The summed E-state index contributed by atoms with van der Waals surface area (Å²) in [6.07, 6.45) is 6.83. The van der Waals surface area contributed by atoms with Gasteiger partial charge in [0.1, 0.15) is 11.5 Å². The maximum atomic E-state index is 12.6. The maximum Gasteiger partial charge on any atom is 0.271 e. The van der Waals surface area contributed by atoms with Crippen molar-refractivity contribution in [3.8, 4) is 0 Å². The molecule has 33 heavy (non-hydrogen) atoms. The molecule has 1 fully saturated rings. The molecule has 3 heterocycles. The van der Waals surface area contributed by atoms with E-state index in [0.29, 0.717) is 18.8 Å². The van der Waals surface area contributed by atoms with Crippen LogP contribution in [0.2, 0.25) is 0 Å². The van der Waals surface area contributed by atoms with Gasteiger partial charge in [-0.15, -0.1) is 0 Å². The molecule has 0 spiro atoms. The van der Waals surface area contributed by atoms with E-state index in [2.05, 4.69) is 38.7 Å². The van der Waals surface area contributed by atoms with Crippen LogP contribution in [-0.2, 0) is 30.7 Å². The highest BCUT2D eigenvalue weighted by atomic mass is 16.3. The Morgan fingerprint density at radius 3 is 2.76 bits per heavy atom. The normalized spacial score (nSPS) is 21.4. The zero-order valence-electron chi connectivity index (χ0n) is 19.0. The summed E-state index contributed by atoms with van der Waals surface area (Å²) in [5.41, 5.74) is 3.06. The van der Waals surface area contributed by atoms with Crippen LogP contribution < -0.4 is 10.6 Å². The molecule has 3 N–H and O–H groups in total. The van der Waals surface area contributed by atoms with Crippen molar-refractivity contribution in [2.24, 2.45) is 5.92 Å². The molecule has 5 rings (SSSR count). The Kier molecular flexibility index (Phi) is 6.46. The van der Waals surface area contributed by atoms with Gasteiger partial charge in [0.25, 0.3) is 5.91 Å². The van der Waals surface area contributed by atoms with E-state index in [1.807, 2.05) is 10.6 Å². The Morgan fingerprint density at radius 1 is 1.15 bits per heavy atom. The molecule has 3 aliphatic rings. The second kappa shape index (κ2) is 9.65. The number of aryl methyl sites for hydroxylation is 1. The maximum absolute atomic E-state index is 12.6. The predicted molar refractivity (Wildman–Crippen MR) is 124 cm³/mol. The number of aliphatic hydroxyl groups is 1. The van der Waals surface area contributed by atoms with Crippen molar-refractivity contribution < 1.29 is 14.7 Å². The van der Waals surface area contributed by atoms with Crippen LogP contribution in [0, 0.1) is 5.92 Å². The highest BCUT2D eigenvalue weighted by molar-refractivity contribution is 5.92. The van der Waals surface area contributed by atoms with Crippen molar-refractivity contribution in [2.75, 3.05) is 19.6 Å². The highest BCUT2D eigenvalue weighted by Gasteiger charge is 2.29. The molecular weight excluding hydrogens is 418 g/mol. The molecule has 2 aromatic rings. The van der Waals surface area contributed by atoms with Gasteiger partial charge < -0.3 is 20.3 Å². The number of carbonyl (C=O) groups excluding carboxylic acids is 2. The van der Waals surface area contributed by atoms with Gasteiger partial charge in [-0.05, 0) is 36.8 Å². The number of carbonyl (C=O) groups is 2. The van der Waals surface area contributed by atoms with Crippen molar-refractivity contribution in [3.63, 3.8) is 0 Å². The number of fused-ring (bicyclic) bond motifs is 2. The third-order valence-corrected chi connectivity index (χ3v) is 7.22. The third kappa shape index (κ3) is 5.12. The van der Waals surface area contributed by atoms with Gasteiger partial charge >= 0.3 is 0 Å². The number of hydrogen-bond donors (Lipinski definition) is 3. The molecule has 176 valence electrons. The lowest BCUT2D eigenvalue weighted by Crippen LogP contribution is -2.44. The van der Waals surface area contributed by atoms with Gasteiger partial charge in [-0.25, -0.2) is 4.98 Å². The molecule has 2 aliphatic heterocycles. The van der Waals surface area contributed by atoms with E-state index in [9.17, 15) is 14.7 Å². The number of nitrogens with one attached hydrogen (secondary N) is 2. The van der Waals surface area contributed by atoms with E-state index in [0.717, 1.165) is 57.4 Å². The summed E-state index contributed by atoms with van der Waals surface area (Å²) in [7, 11) is 0. The van der Waals surface area contributed by atoms with Gasteiger partial charge in [-0.2, -0.15) is 0 Å². The number of amides is 2. The fourth-order valence-electron chi connectivity index (χ4n) is 5.03. The number of benzene rings is 1. The van der Waals surface area contributed by atoms with E-state index in [1.165, 1.54) is 11.1 Å². The quantitative estimate of drug-likeness (QED) is 0.589. The Balaban J connectivity index is 1.09. The lowest BCUT2D eigenvalue weighted by molar-refractivity contribution is -0.128. The van der Waals surface area contributed by atoms with E-state index < -0.39 is 6.10 Å². The van der Waals surface area contributed by atoms with Crippen molar-refractivity contribution in [1.82, 2.24) is 25.1 Å². The van der Waals surface area contributed by atoms with Crippen LogP contribution >= 0.6 is 0 Å². The van der Waals surface area contributed by atoms with Crippen LogP contribution in [0.5, 0.6) is 0 Å². The number of aromatic nitrogens is 2. The van der Waals surface area contributed by atoms with E-state index in [1.54, 1.807) is 6.20 Å². The number of imidazole rings is 1. The summed E-state index contributed by atoms with van der Waals surface area (Å²) in [4.78, 5) is 31.6. The standard InChI is InChI=1S/C25H33N5O3/c31-21(15-29-11-10-17-4-1-2-5-19(17)13-29)12-26-25(33)22-16-30-14-20(8-9-23(30)28-22)27-24(32)18-6-3-7-18/h1-2,4-5,16,18,20-21,31H,3,6-15H2,(H,26,33)(H,27,32)/t20?,21-/m0/s1. The molecule has 2 atom stereocenters. The topological polar surface area (TPSA) is 99.5 Å². The van der Waals surface area contributed by atoms with Crippen LogP contribution in [-0.4, -0.2) is 63.2 Å². The summed E-state index contributed by atoms with van der Waals surface area (Å²) < 4.78 is 1.98. The minimum Gasteiger partial charge on any atom is -0.390 e. The zero-order chi connectivity index (χ0) is 22.8. The SMILES string of the molecule is O=C(NC[C@H](O)CN1CCc2ccccc2C1)c1cn2c(n1)CCC(NC(=O)C1CCC1)C2. The molecule has 8 heteroatoms. The molecule has 1 saturated carbocycles. The van der Waals surface area contributed by atoms with Gasteiger partial charge in [0.15, 0.2) is 0 Å². The molecule has 8 nitrogen and oxygen atoms in total. The fraction of sp³-hybridized carbons (Fsp3) is 0.560. The Hall–Kier alpha value is -2.71. The molecule has 1 unspecified atom stereocenters. The third-order valence-electron chi connectivity index (χ3n) is 7.22. The molecule has 1 aromatic carbocycles. The van der Waals surface area contributed by atoms with E-state index in [4.69, 9.17) is 0 Å². The predicted octanol–water partition coefficient (Wildman–Crippen LogP) is 1.26. The van der Waals surface area contributed by atoms with Crippen molar-refractivity contribution in [3.05, 3.63) is 53.1 Å². The van der Waals surface area contributed by atoms with Crippen LogP contribution in [0.15, 0.2) is 30.5 Å². The fourth-order valence-corrected chi connectivity index (χ4v) is 5.03. The van der Waals surface area contributed by atoms with Gasteiger partial charge in [0, 0.05) is 57.3 Å². The largest absolute Gasteiger partial charge is 0.390 e. The van der Waals surface area contributed by atoms with Crippen molar-refractivity contribution in [2.45, 2.75) is 63.8 Å². The Bertz CT molecular complexity index is 1020. The molecule has 0 bridgehead atoms. The number of β-amino-alcohol motifs (C(OH)–C–C–N with tert-alkyl or cyclic N) is 1. The highest BCUT2D eigenvalue weighted by Crippen LogP contribution is 2.27. The Morgan fingerprint density at radius 2 is 1.97 bits per heavy atom. The second-order valence-electron chi connectivity index (χ2n) is 9.68. The molecule has 0 radical (unpaired) electrons. The van der Waals surface area contributed by atoms with Crippen LogP contribution in [0.3, 0.4) is 0 Å². The monoisotopic (exact) mass is 451 g/mol. The van der Waals surface area contributed by atoms with E-state index >= 15 is 0 Å². The minimum absolute atomic E-state index is 0.0900. The number of hydrogen-bond acceptors (Lipinski definition) is 5. The molecule has 1 aliphatic carbocycles. The molecule has 0 saturated heterocycles. The first-order chi connectivity index (χ1) is 16.0. The first kappa shape index (κ1) is 22.1. The lowest BCUT2D eigenvalue weighted by Gasteiger charge is -2.30. The van der Waals surface area contributed by atoms with Gasteiger partial charge in [0.2, 0.25) is 5.91 Å². The summed E-state index contributed by atoms with van der Waals surface area (Å²) in [5.74, 6) is 0.956. The van der Waals surface area contributed by atoms with Crippen molar-refractivity contribution in [1.29, 1.82) is 0 Å². The smallest absolute Gasteiger partial charge is 0.271 e. The van der Waals surface area contributed by atoms with Gasteiger partial charge in [-0.1, -0.05) is 30.7 Å². The number of aliphatic hydroxyl groups excluding tert-OH is 1. The van der Waals surface area contributed by atoms with Crippen LogP contribution in [0.25, 0.3) is 0 Å². The van der Waals surface area contributed by atoms with Gasteiger partial charge in [0.05, 0.1) is 6.10 Å². The first-order valence-corrected chi connectivity index (χ1v) is 12.2. The molecular formula is C25H33N5O3. The minimum atomic E-state index is -0.637. The lowest BCUT2D eigenvalue weighted by atomic mass is 9.84. The number of nitrogens with zero attached hydrogens (tertiary/aromatic N) is 3. The summed E-state index contributed by atoms with van der Waals surface area (Å²) >= 11 is 0. The average molecular weight is 452 g/mol. The van der Waals surface area contributed by atoms with Gasteiger partial charge in [-0.3, -0.25) is 14.5 Å². The summed E-state index contributed by atoms with van der Waals surface area (Å²) in [5, 5.41) is 16.5. The van der Waals surface area contributed by atoms with E-state index in [-0.39, 0.29) is 30.3 Å². The molecule has 1 aromatic heterocycles. The van der Waals surface area contributed by atoms with Crippen LogP contribution in [0.4, 0.5) is 0 Å². The van der Waals surface area contributed by atoms with Crippen LogP contribution in [0.1, 0.15) is 53.1 Å². The zero-order valence-corrected chi connectivity index (χ0v) is 19.0. The second-order valence-corrected chi connectivity index (χ2v) is 9.68. The summed E-state index contributed by atoms with van der Waals surface area (Å²) in [6, 6.07) is 8.51.